The van der Waals surface area contributed by atoms with Crippen LogP contribution in [0.4, 0.5) is 5.69 Å². The van der Waals surface area contributed by atoms with E-state index in [0.29, 0.717) is 6.42 Å². The number of hydrogen-bond acceptors (Lipinski definition) is 4. The lowest BCUT2D eigenvalue weighted by Gasteiger charge is -2.03. The molecule has 5 nitrogen and oxygen atoms in total. The van der Waals surface area contributed by atoms with Crippen LogP contribution in [-0.4, -0.2) is 16.5 Å². The van der Waals surface area contributed by atoms with E-state index in [9.17, 15) is 19.7 Å². The van der Waals surface area contributed by atoms with Crippen molar-refractivity contribution in [3.05, 3.63) is 39.9 Å². The van der Waals surface area contributed by atoms with Gasteiger partial charge in [-0.25, -0.2) is 0 Å². The Morgan fingerprint density at radius 2 is 2.00 bits per heavy atom. The van der Waals surface area contributed by atoms with Gasteiger partial charge in [-0.15, -0.1) is 0 Å². The molecule has 5 heteroatoms. The molecule has 0 aliphatic carbocycles. The summed E-state index contributed by atoms with van der Waals surface area (Å²) in [6.45, 7) is 3.80. The first kappa shape index (κ1) is 14.0. The molecule has 96 valence electrons. The second-order valence-electron chi connectivity index (χ2n) is 4.54. The van der Waals surface area contributed by atoms with E-state index < -0.39 is 4.92 Å². The van der Waals surface area contributed by atoms with Gasteiger partial charge in [-0.2, -0.15) is 0 Å². The van der Waals surface area contributed by atoms with Crippen molar-refractivity contribution in [1.82, 2.24) is 0 Å². The van der Waals surface area contributed by atoms with E-state index in [-0.39, 0.29) is 35.2 Å². The van der Waals surface area contributed by atoms with E-state index in [1.165, 1.54) is 24.3 Å². The fourth-order valence-electron chi connectivity index (χ4n) is 1.60. The number of nitrogens with zero attached hydrogens (tertiary/aromatic N) is 1. The topological polar surface area (TPSA) is 77.3 Å². The maximum Gasteiger partial charge on any atom is 0.270 e. The second kappa shape index (κ2) is 6.05. The Labute approximate surface area is 105 Å². The molecule has 0 aromatic heterocycles. The Bertz CT molecular complexity index is 480. The zero-order valence-corrected chi connectivity index (χ0v) is 10.4. The number of carbonyl (C=O) groups is 2. The predicted octanol–water partition coefficient (Wildman–Crippen LogP) is 2.78. The number of rotatable bonds is 6. The van der Waals surface area contributed by atoms with E-state index in [1.54, 1.807) is 0 Å². The van der Waals surface area contributed by atoms with E-state index in [4.69, 9.17) is 0 Å². The Morgan fingerprint density at radius 3 is 2.56 bits per heavy atom. The third-order valence-electron chi connectivity index (χ3n) is 2.37. The summed E-state index contributed by atoms with van der Waals surface area (Å²) >= 11 is 0. The van der Waals surface area contributed by atoms with E-state index in [1.807, 2.05) is 13.8 Å². The lowest BCUT2D eigenvalue weighted by Crippen LogP contribution is -2.10. The highest BCUT2D eigenvalue weighted by Gasteiger charge is 2.15. The largest absolute Gasteiger partial charge is 0.299 e. The molecule has 1 aromatic rings. The fourth-order valence-corrected chi connectivity index (χ4v) is 1.60. The SMILES string of the molecule is CC(C)CC(=O)CC(=O)c1cccc([N+](=O)[O-])c1. The zero-order valence-electron chi connectivity index (χ0n) is 10.4. The van der Waals surface area contributed by atoms with Gasteiger partial charge in [0.2, 0.25) is 0 Å². The molecule has 0 aliphatic rings. The first-order valence-electron chi connectivity index (χ1n) is 5.69. The molecule has 0 heterocycles. The molecule has 0 atom stereocenters. The average molecular weight is 249 g/mol. The average Bonchev–Trinajstić information content (AvgIpc) is 2.27. The zero-order chi connectivity index (χ0) is 13.7. The molecule has 0 saturated carbocycles. The minimum absolute atomic E-state index is 0.137. The van der Waals surface area contributed by atoms with Crippen molar-refractivity contribution in [3.8, 4) is 0 Å². The number of nitro benzene ring substituents is 1. The molecular formula is C13H15NO4. The molecule has 0 fully saturated rings. The smallest absolute Gasteiger partial charge is 0.270 e. The van der Waals surface area contributed by atoms with Crippen LogP contribution in [0.1, 0.15) is 37.0 Å². The summed E-state index contributed by atoms with van der Waals surface area (Å²) < 4.78 is 0. The number of ketones is 2. The highest BCUT2D eigenvalue weighted by atomic mass is 16.6. The van der Waals surface area contributed by atoms with Crippen LogP contribution >= 0.6 is 0 Å². The van der Waals surface area contributed by atoms with E-state index in [2.05, 4.69) is 0 Å². The minimum Gasteiger partial charge on any atom is -0.299 e. The Morgan fingerprint density at radius 1 is 1.33 bits per heavy atom. The minimum atomic E-state index is -0.563. The molecule has 0 saturated heterocycles. The number of hydrogen-bond donors (Lipinski definition) is 0. The van der Waals surface area contributed by atoms with Crippen molar-refractivity contribution in [2.45, 2.75) is 26.7 Å². The van der Waals surface area contributed by atoms with E-state index in [0.717, 1.165) is 0 Å². The van der Waals surface area contributed by atoms with Crippen molar-refractivity contribution < 1.29 is 14.5 Å². The number of carbonyl (C=O) groups excluding carboxylic acids is 2. The van der Waals surface area contributed by atoms with Gasteiger partial charge in [0.05, 0.1) is 11.3 Å². The van der Waals surface area contributed by atoms with Crippen LogP contribution in [0.15, 0.2) is 24.3 Å². The Kier molecular flexibility index (Phi) is 4.71. The van der Waals surface area contributed by atoms with Crippen molar-refractivity contribution in [3.63, 3.8) is 0 Å². The summed E-state index contributed by atoms with van der Waals surface area (Å²) in [7, 11) is 0. The van der Waals surface area contributed by atoms with Gasteiger partial charge in [0, 0.05) is 24.1 Å². The first-order chi connectivity index (χ1) is 8.40. The summed E-state index contributed by atoms with van der Waals surface area (Å²) in [5.41, 5.74) is 0.0680. The lowest BCUT2D eigenvalue weighted by molar-refractivity contribution is -0.384. The lowest BCUT2D eigenvalue weighted by atomic mass is 10.00. The third kappa shape index (κ3) is 4.08. The van der Waals surface area contributed by atoms with Gasteiger partial charge in [0.1, 0.15) is 5.78 Å². The summed E-state index contributed by atoms with van der Waals surface area (Å²) in [5.74, 6) is -0.304. The normalized spacial score (nSPS) is 10.4. The van der Waals surface area contributed by atoms with Crippen molar-refractivity contribution in [1.29, 1.82) is 0 Å². The highest BCUT2D eigenvalue weighted by Crippen LogP contribution is 2.15. The predicted molar refractivity (Wildman–Crippen MR) is 66.5 cm³/mol. The molecule has 18 heavy (non-hydrogen) atoms. The second-order valence-corrected chi connectivity index (χ2v) is 4.54. The van der Waals surface area contributed by atoms with Crippen molar-refractivity contribution >= 4 is 17.3 Å². The molecule has 0 amide bonds. The standard InChI is InChI=1S/C13H15NO4/c1-9(2)6-12(15)8-13(16)10-4-3-5-11(7-10)14(17)18/h3-5,7,9H,6,8H2,1-2H3. The van der Waals surface area contributed by atoms with E-state index >= 15 is 0 Å². The number of benzene rings is 1. The van der Waals surface area contributed by atoms with Crippen LogP contribution in [0, 0.1) is 16.0 Å². The summed E-state index contributed by atoms with van der Waals surface area (Å²) in [5, 5.41) is 10.6. The third-order valence-corrected chi connectivity index (χ3v) is 2.37. The Hall–Kier alpha value is -2.04. The van der Waals surface area contributed by atoms with Gasteiger partial charge in [-0.3, -0.25) is 19.7 Å². The number of non-ortho nitro benzene ring substituents is 1. The molecule has 1 rings (SSSR count). The summed E-state index contributed by atoms with van der Waals surface area (Å²) in [4.78, 5) is 33.3. The molecule has 0 N–H and O–H groups in total. The molecule has 0 radical (unpaired) electrons. The van der Waals surface area contributed by atoms with Crippen LogP contribution in [-0.2, 0) is 4.79 Å². The molecule has 0 unspecified atom stereocenters. The Balaban J connectivity index is 2.75. The summed E-state index contributed by atoms with van der Waals surface area (Å²) in [6, 6.07) is 5.44. The van der Waals surface area contributed by atoms with Crippen LogP contribution in [0.3, 0.4) is 0 Å². The number of Topliss-reactive ketones (excluding diaryl/α,β-unsaturated/α-hetero) is 2. The molecule has 0 spiro atoms. The maximum atomic E-state index is 11.8. The molecule has 0 aliphatic heterocycles. The van der Waals surface area contributed by atoms with Gasteiger partial charge >= 0.3 is 0 Å². The monoisotopic (exact) mass is 249 g/mol. The van der Waals surface area contributed by atoms with Crippen LogP contribution in [0.5, 0.6) is 0 Å². The van der Waals surface area contributed by atoms with Crippen LogP contribution in [0.25, 0.3) is 0 Å². The maximum absolute atomic E-state index is 11.8. The van der Waals surface area contributed by atoms with Gasteiger partial charge in [-0.05, 0) is 5.92 Å². The van der Waals surface area contributed by atoms with Gasteiger partial charge in [0.15, 0.2) is 5.78 Å². The quantitative estimate of drug-likeness (QED) is 0.336. The van der Waals surface area contributed by atoms with Crippen LogP contribution < -0.4 is 0 Å². The van der Waals surface area contributed by atoms with Crippen LogP contribution in [0.2, 0.25) is 0 Å². The van der Waals surface area contributed by atoms with Crippen molar-refractivity contribution in [2.75, 3.05) is 0 Å². The molecule has 1 aromatic carbocycles. The van der Waals surface area contributed by atoms with Gasteiger partial charge in [0.25, 0.3) is 5.69 Å². The highest BCUT2D eigenvalue weighted by molar-refractivity contribution is 6.08. The van der Waals surface area contributed by atoms with Gasteiger partial charge in [-0.1, -0.05) is 26.0 Å². The van der Waals surface area contributed by atoms with Gasteiger partial charge < -0.3 is 0 Å². The molecular weight excluding hydrogens is 234 g/mol. The van der Waals surface area contributed by atoms with Crippen molar-refractivity contribution in [2.24, 2.45) is 5.92 Å². The number of nitro groups is 1. The summed E-state index contributed by atoms with van der Waals surface area (Å²) in [6.07, 6.45) is 0.153. The first-order valence-corrected chi connectivity index (χ1v) is 5.69. The molecule has 0 bridgehead atoms. The fraction of sp³-hybridized carbons (Fsp3) is 0.385.